The van der Waals surface area contributed by atoms with Gasteiger partial charge in [-0.1, -0.05) is 25.3 Å². The molecular formula is C18H22N2OS. The molecule has 1 atom stereocenters. The summed E-state index contributed by atoms with van der Waals surface area (Å²) in [7, 11) is 0. The fraction of sp³-hybridized carbons (Fsp3) is 0.444. The Hall–Kier alpha value is -1.55. The molecule has 1 amide bonds. The molecule has 1 aromatic carbocycles. The van der Waals surface area contributed by atoms with Crippen molar-refractivity contribution in [2.24, 2.45) is 0 Å². The summed E-state index contributed by atoms with van der Waals surface area (Å²) in [6.07, 6.45) is 8.24. The molecule has 22 heavy (non-hydrogen) atoms. The van der Waals surface area contributed by atoms with Crippen molar-refractivity contribution in [3.8, 4) is 0 Å². The van der Waals surface area contributed by atoms with Gasteiger partial charge in [0.1, 0.15) is 0 Å². The number of hydrogen-bond donors (Lipinski definition) is 1. The van der Waals surface area contributed by atoms with Crippen LogP contribution in [0.1, 0.15) is 39.0 Å². The van der Waals surface area contributed by atoms with Gasteiger partial charge in [-0.3, -0.25) is 9.78 Å². The van der Waals surface area contributed by atoms with E-state index in [1.165, 1.54) is 32.1 Å². The average molecular weight is 314 g/mol. The van der Waals surface area contributed by atoms with Crippen LogP contribution in [0.5, 0.6) is 0 Å². The summed E-state index contributed by atoms with van der Waals surface area (Å²) >= 11 is 1.83. The number of aromatic nitrogens is 1. The van der Waals surface area contributed by atoms with E-state index in [2.05, 4.69) is 10.3 Å². The third-order valence-corrected chi connectivity index (χ3v) is 5.70. The van der Waals surface area contributed by atoms with Crippen LogP contribution in [0.3, 0.4) is 0 Å². The average Bonchev–Trinajstić information content (AvgIpc) is 2.56. The van der Waals surface area contributed by atoms with Gasteiger partial charge < -0.3 is 5.32 Å². The summed E-state index contributed by atoms with van der Waals surface area (Å²) in [5.41, 5.74) is 1.76. The third kappa shape index (κ3) is 3.61. The summed E-state index contributed by atoms with van der Waals surface area (Å²) in [5.74, 6) is 0.0897. The van der Waals surface area contributed by atoms with Gasteiger partial charge in [0.15, 0.2) is 0 Å². The van der Waals surface area contributed by atoms with E-state index in [1.807, 2.05) is 49.0 Å². The molecule has 1 aliphatic rings. The SMILES string of the molecule is CC(SC1CCCCC1)C(=O)Nc1cccc2ncccc12. The van der Waals surface area contributed by atoms with E-state index < -0.39 is 0 Å². The lowest BCUT2D eigenvalue weighted by atomic mass is 10.0. The number of rotatable bonds is 4. The van der Waals surface area contributed by atoms with Gasteiger partial charge in [-0.15, -0.1) is 11.8 Å². The Balaban J connectivity index is 1.67. The van der Waals surface area contributed by atoms with Crippen molar-refractivity contribution in [2.45, 2.75) is 49.5 Å². The van der Waals surface area contributed by atoms with Gasteiger partial charge >= 0.3 is 0 Å². The summed E-state index contributed by atoms with van der Waals surface area (Å²) in [6.45, 7) is 2.01. The molecule has 3 nitrogen and oxygen atoms in total. The zero-order chi connectivity index (χ0) is 15.4. The van der Waals surface area contributed by atoms with Crippen LogP contribution in [-0.2, 0) is 4.79 Å². The highest BCUT2D eigenvalue weighted by Gasteiger charge is 2.21. The lowest BCUT2D eigenvalue weighted by Crippen LogP contribution is -2.25. The molecular weight excluding hydrogens is 292 g/mol. The Labute approximate surface area is 135 Å². The van der Waals surface area contributed by atoms with Gasteiger partial charge in [0.2, 0.25) is 5.91 Å². The number of fused-ring (bicyclic) bond motifs is 1. The highest BCUT2D eigenvalue weighted by molar-refractivity contribution is 8.01. The highest BCUT2D eigenvalue weighted by Crippen LogP contribution is 2.31. The molecule has 1 N–H and O–H groups in total. The van der Waals surface area contributed by atoms with Crippen LogP contribution in [0.4, 0.5) is 5.69 Å². The van der Waals surface area contributed by atoms with E-state index in [-0.39, 0.29) is 11.2 Å². The Morgan fingerprint density at radius 1 is 1.23 bits per heavy atom. The van der Waals surface area contributed by atoms with E-state index in [0.717, 1.165) is 16.6 Å². The van der Waals surface area contributed by atoms with Crippen molar-refractivity contribution >= 4 is 34.3 Å². The van der Waals surface area contributed by atoms with Gasteiger partial charge in [-0.25, -0.2) is 0 Å². The highest BCUT2D eigenvalue weighted by atomic mass is 32.2. The summed E-state index contributed by atoms with van der Waals surface area (Å²) in [6, 6.07) is 9.74. The first-order valence-electron chi connectivity index (χ1n) is 8.04. The molecule has 1 aromatic heterocycles. The van der Waals surface area contributed by atoms with Gasteiger partial charge in [0, 0.05) is 16.8 Å². The maximum Gasteiger partial charge on any atom is 0.237 e. The van der Waals surface area contributed by atoms with Gasteiger partial charge in [0.25, 0.3) is 0 Å². The smallest absolute Gasteiger partial charge is 0.237 e. The van der Waals surface area contributed by atoms with Crippen molar-refractivity contribution in [3.63, 3.8) is 0 Å². The van der Waals surface area contributed by atoms with Crippen LogP contribution in [0, 0.1) is 0 Å². The molecule has 1 aliphatic carbocycles. The molecule has 4 heteroatoms. The van der Waals surface area contributed by atoms with Crippen LogP contribution in [-0.4, -0.2) is 21.4 Å². The number of anilines is 1. The zero-order valence-electron chi connectivity index (χ0n) is 12.9. The fourth-order valence-corrected chi connectivity index (χ4v) is 4.36. The van der Waals surface area contributed by atoms with E-state index in [1.54, 1.807) is 6.20 Å². The number of pyridine rings is 1. The van der Waals surface area contributed by atoms with Crippen LogP contribution in [0.2, 0.25) is 0 Å². The van der Waals surface area contributed by atoms with Gasteiger partial charge in [0.05, 0.1) is 16.5 Å². The molecule has 3 rings (SSSR count). The molecule has 1 unspecified atom stereocenters. The molecule has 1 fully saturated rings. The quantitative estimate of drug-likeness (QED) is 0.894. The summed E-state index contributed by atoms with van der Waals surface area (Å²) < 4.78 is 0. The summed E-state index contributed by atoms with van der Waals surface area (Å²) in [4.78, 5) is 16.8. The van der Waals surface area contributed by atoms with Crippen molar-refractivity contribution in [1.29, 1.82) is 0 Å². The lowest BCUT2D eigenvalue weighted by Gasteiger charge is -2.24. The first-order chi connectivity index (χ1) is 10.7. The first-order valence-corrected chi connectivity index (χ1v) is 8.98. The molecule has 116 valence electrons. The minimum Gasteiger partial charge on any atom is -0.325 e. The Morgan fingerprint density at radius 3 is 2.86 bits per heavy atom. The van der Waals surface area contributed by atoms with Crippen LogP contribution in [0.15, 0.2) is 36.5 Å². The molecule has 0 bridgehead atoms. The molecule has 1 heterocycles. The Kier molecular flexibility index (Phi) is 4.98. The second-order valence-corrected chi connectivity index (χ2v) is 7.55. The van der Waals surface area contributed by atoms with E-state index in [0.29, 0.717) is 5.25 Å². The van der Waals surface area contributed by atoms with Crippen molar-refractivity contribution in [1.82, 2.24) is 4.98 Å². The predicted molar refractivity (Wildman–Crippen MR) is 94.3 cm³/mol. The Morgan fingerprint density at radius 2 is 2.05 bits per heavy atom. The van der Waals surface area contributed by atoms with Gasteiger partial charge in [-0.2, -0.15) is 0 Å². The maximum atomic E-state index is 12.5. The van der Waals surface area contributed by atoms with E-state index >= 15 is 0 Å². The van der Waals surface area contributed by atoms with Crippen molar-refractivity contribution in [3.05, 3.63) is 36.5 Å². The molecule has 0 saturated heterocycles. The molecule has 1 saturated carbocycles. The minimum absolute atomic E-state index is 0.0185. The normalized spacial score (nSPS) is 17.3. The van der Waals surface area contributed by atoms with Crippen molar-refractivity contribution < 1.29 is 4.79 Å². The number of nitrogens with one attached hydrogen (secondary N) is 1. The topological polar surface area (TPSA) is 42.0 Å². The standard InChI is InChI=1S/C18H22N2OS/c1-13(22-14-7-3-2-4-8-14)18(21)20-17-11-5-10-16-15(17)9-6-12-19-16/h5-6,9-14H,2-4,7-8H2,1H3,(H,20,21). The number of amides is 1. The van der Waals surface area contributed by atoms with Crippen LogP contribution < -0.4 is 5.32 Å². The minimum atomic E-state index is -0.0185. The lowest BCUT2D eigenvalue weighted by molar-refractivity contribution is -0.115. The number of thioether (sulfide) groups is 1. The fourth-order valence-electron chi connectivity index (χ4n) is 3.00. The summed E-state index contributed by atoms with van der Waals surface area (Å²) in [5, 5.41) is 4.69. The predicted octanol–water partition coefficient (Wildman–Crippen LogP) is 4.63. The molecule has 0 spiro atoms. The third-order valence-electron chi connectivity index (χ3n) is 4.22. The van der Waals surface area contributed by atoms with Crippen LogP contribution in [0.25, 0.3) is 10.9 Å². The van der Waals surface area contributed by atoms with E-state index in [4.69, 9.17) is 0 Å². The largest absolute Gasteiger partial charge is 0.325 e. The van der Waals surface area contributed by atoms with E-state index in [9.17, 15) is 4.79 Å². The maximum absolute atomic E-state index is 12.5. The molecule has 0 radical (unpaired) electrons. The number of nitrogens with zero attached hydrogens (tertiary/aromatic N) is 1. The molecule has 2 aromatic rings. The van der Waals surface area contributed by atoms with Gasteiger partial charge in [-0.05, 0) is 44.0 Å². The number of carbonyl (C=O) groups excluding carboxylic acids is 1. The second-order valence-electron chi connectivity index (χ2n) is 5.90. The zero-order valence-corrected chi connectivity index (χ0v) is 13.7. The molecule has 0 aliphatic heterocycles. The Bertz CT molecular complexity index is 647. The number of benzene rings is 1. The second kappa shape index (κ2) is 7.14. The van der Waals surface area contributed by atoms with Crippen LogP contribution >= 0.6 is 11.8 Å². The number of hydrogen-bond acceptors (Lipinski definition) is 3. The van der Waals surface area contributed by atoms with Crippen molar-refractivity contribution in [2.75, 3.05) is 5.32 Å². The first kappa shape index (κ1) is 15.3. The monoisotopic (exact) mass is 314 g/mol. The number of carbonyl (C=O) groups is 1.